The second kappa shape index (κ2) is 7.19. The van der Waals surface area contributed by atoms with Crippen LogP contribution in [0.2, 0.25) is 0 Å². The Balaban J connectivity index is 2.69. The Morgan fingerprint density at radius 1 is 1.45 bits per heavy atom. The largest absolute Gasteiger partial charge is 0.353 e. The number of nitrogens with two attached hydrogens (primary N) is 1. The summed E-state index contributed by atoms with van der Waals surface area (Å²) >= 11 is 0. The first-order chi connectivity index (χ1) is 9.45. The van der Waals surface area contributed by atoms with E-state index in [0.29, 0.717) is 13.1 Å². The number of non-ortho nitro benzene ring substituents is 1. The molecule has 1 rings (SSSR count). The van der Waals surface area contributed by atoms with Gasteiger partial charge in [0.25, 0.3) is 11.6 Å². The van der Waals surface area contributed by atoms with E-state index in [9.17, 15) is 19.7 Å². The molecule has 0 fully saturated rings. The van der Waals surface area contributed by atoms with Gasteiger partial charge in [-0.25, -0.2) is 0 Å². The third kappa shape index (κ3) is 4.32. The molecule has 2 amide bonds. The third-order valence-electron chi connectivity index (χ3n) is 2.50. The Morgan fingerprint density at radius 3 is 2.75 bits per heavy atom. The van der Waals surface area contributed by atoms with Crippen LogP contribution in [0.4, 0.5) is 5.69 Å². The monoisotopic (exact) mass is 280 g/mol. The maximum Gasteiger partial charge on any atom is 0.270 e. The number of carbonyl (C=O) groups is 2. The van der Waals surface area contributed by atoms with Gasteiger partial charge in [0.2, 0.25) is 5.91 Å². The Morgan fingerprint density at radius 2 is 2.15 bits per heavy atom. The summed E-state index contributed by atoms with van der Waals surface area (Å²) in [5, 5.41) is 15.6. The Bertz CT molecular complexity index is 518. The first kappa shape index (κ1) is 15.6. The molecule has 0 aliphatic carbocycles. The van der Waals surface area contributed by atoms with Gasteiger partial charge < -0.3 is 16.4 Å². The third-order valence-corrected chi connectivity index (χ3v) is 2.50. The van der Waals surface area contributed by atoms with Crippen molar-refractivity contribution in [1.29, 1.82) is 0 Å². The number of carbonyl (C=O) groups excluding carboxylic acids is 2. The molecule has 0 aliphatic heterocycles. The predicted octanol–water partition coefficient (Wildman–Crippen LogP) is -0.212. The van der Waals surface area contributed by atoms with Gasteiger partial charge in [-0.2, -0.15) is 0 Å². The summed E-state index contributed by atoms with van der Waals surface area (Å²) < 4.78 is 0. The first-order valence-corrected chi connectivity index (χ1v) is 5.98. The van der Waals surface area contributed by atoms with E-state index in [0.717, 1.165) is 6.07 Å². The Kier molecular flexibility index (Phi) is 5.60. The summed E-state index contributed by atoms with van der Waals surface area (Å²) in [7, 11) is 0. The number of nitro groups is 1. The van der Waals surface area contributed by atoms with Crippen LogP contribution in [0.3, 0.4) is 0 Å². The standard InChI is InChI=1S/C12H16N4O4/c1-8(11(17)14-6-5-13)15-12(18)9-3-2-4-10(7-9)16(19)20/h2-4,7-8H,5-6,13H2,1H3,(H,14,17)(H,15,18). The number of nitro benzene ring substituents is 1. The average molecular weight is 280 g/mol. The second-order valence-electron chi connectivity index (χ2n) is 4.08. The van der Waals surface area contributed by atoms with Gasteiger partial charge in [0.1, 0.15) is 6.04 Å². The van der Waals surface area contributed by atoms with Crippen molar-refractivity contribution in [2.75, 3.05) is 13.1 Å². The molecule has 0 aromatic heterocycles. The number of amides is 2. The molecule has 4 N–H and O–H groups in total. The normalized spacial score (nSPS) is 11.5. The molecule has 0 saturated carbocycles. The van der Waals surface area contributed by atoms with Crippen molar-refractivity contribution in [3.8, 4) is 0 Å². The highest BCUT2D eigenvalue weighted by molar-refractivity contribution is 5.97. The van der Waals surface area contributed by atoms with Crippen LogP contribution in [0.15, 0.2) is 24.3 Å². The molecule has 8 heteroatoms. The minimum atomic E-state index is -0.756. The lowest BCUT2D eigenvalue weighted by molar-refractivity contribution is -0.384. The van der Waals surface area contributed by atoms with Crippen molar-refractivity contribution in [1.82, 2.24) is 10.6 Å². The van der Waals surface area contributed by atoms with Crippen molar-refractivity contribution in [2.24, 2.45) is 5.73 Å². The van der Waals surface area contributed by atoms with Crippen molar-refractivity contribution >= 4 is 17.5 Å². The number of nitrogens with zero attached hydrogens (tertiary/aromatic N) is 1. The zero-order valence-corrected chi connectivity index (χ0v) is 11.0. The van der Waals surface area contributed by atoms with Gasteiger partial charge in [0, 0.05) is 30.8 Å². The van der Waals surface area contributed by atoms with Crippen LogP contribution in [-0.2, 0) is 4.79 Å². The number of hydrogen-bond donors (Lipinski definition) is 3. The van der Waals surface area contributed by atoms with Crippen LogP contribution in [-0.4, -0.2) is 35.9 Å². The average Bonchev–Trinajstić information content (AvgIpc) is 2.44. The van der Waals surface area contributed by atoms with Crippen LogP contribution in [0.25, 0.3) is 0 Å². The fourth-order valence-electron chi connectivity index (χ4n) is 1.45. The molecule has 0 heterocycles. The predicted molar refractivity (Wildman–Crippen MR) is 72.1 cm³/mol. The van der Waals surface area contributed by atoms with Crippen LogP contribution in [0, 0.1) is 10.1 Å². The van der Waals surface area contributed by atoms with Gasteiger partial charge >= 0.3 is 0 Å². The van der Waals surface area contributed by atoms with E-state index in [1.54, 1.807) is 0 Å². The Labute approximate surface area is 115 Å². The minimum absolute atomic E-state index is 0.123. The van der Waals surface area contributed by atoms with Crippen LogP contribution in [0.5, 0.6) is 0 Å². The zero-order valence-electron chi connectivity index (χ0n) is 11.0. The van der Waals surface area contributed by atoms with E-state index in [4.69, 9.17) is 5.73 Å². The molecule has 1 unspecified atom stereocenters. The Hall–Kier alpha value is -2.48. The SMILES string of the molecule is CC(NC(=O)c1cccc([N+](=O)[O-])c1)C(=O)NCCN. The molecule has 0 saturated heterocycles. The van der Waals surface area contributed by atoms with Crippen LogP contribution < -0.4 is 16.4 Å². The number of benzene rings is 1. The molecule has 1 atom stereocenters. The van der Waals surface area contributed by atoms with Crippen LogP contribution in [0.1, 0.15) is 17.3 Å². The summed E-state index contributed by atoms with van der Waals surface area (Å²) in [4.78, 5) is 33.5. The van der Waals surface area contributed by atoms with Crippen molar-refractivity contribution in [3.63, 3.8) is 0 Å². The molecule has 0 aliphatic rings. The molecular weight excluding hydrogens is 264 g/mol. The molecule has 108 valence electrons. The van der Waals surface area contributed by atoms with Gasteiger partial charge in [0.15, 0.2) is 0 Å². The molecule has 0 radical (unpaired) electrons. The summed E-state index contributed by atoms with van der Waals surface area (Å²) in [5.41, 5.74) is 5.19. The highest BCUT2D eigenvalue weighted by Crippen LogP contribution is 2.12. The second-order valence-corrected chi connectivity index (χ2v) is 4.08. The fourth-order valence-corrected chi connectivity index (χ4v) is 1.45. The summed E-state index contributed by atoms with van der Waals surface area (Å²) in [6, 6.07) is 4.53. The maximum absolute atomic E-state index is 11.9. The van der Waals surface area contributed by atoms with Crippen molar-refractivity contribution < 1.29 is 14.5 Å². The number of nitrogens with one attached hydrogen (secondary N) is 2. The van der Waals surface area contributed by atoms with Gasteiger partial charge in [-0.1, -0.05) is 6.07 Å². The molecular formula is C12H16N4O4. The molecule has 20 heavy (non-hydrogen) atoms. The van der Waals surface area contributed by atoms with E-state index >= 15 is 0 Å². The molecule has 8 nitrogen and oxygen atoms in total. The van der Waals surface area contributed by atoms with E-state index in [-0.39, 0.29) is 17.2 Å². The fraction of sp³-hybridized carbons (Fsp3) is 0.333. The van der Waals surface area contributed by atoms with E-state index < -0.39 is 16.9 Å². The highest BCUT2D eigenvalue weighted by atomic mass is 16.6. The van der Waals surface area contributed by atoms with Gasteiger partial charge in [-0.05, 0) is 13.0 Å². The molecule has 1 aromatic carbocycles. The summed E-state index contributed by atoms with van der Waals surface area (Å²) in [5.74, 6) is -0.918. The lowest BCUT2D eigenvalue weighted by atomic mass is 10.1. The first-order valence-electron chi connectivity index (χ1n) is 5.98. The molecule has 0 bridgehead atoms. The summed E-state index contributed by atoms with van der Waals surface area (Å²) in [6.45, 7) is 2.13. The molecule has 1 aromatic rings. The molecule has 0 spiro atoms. The lowest BCUT2D eigenvalue weighted by Crippen LogP contribution is -2.45. The number of hydrogen-bond acceptors (Lipinski definition) is 5. The van der Waals surface area contributed by atoms with Crippen molar-refractivity contribution in [3.05, 3.63) is 39.9 Å². The topological polar surface area (TPSA) is 127 Å². The number of rotatable bonds is 6. The summed E-state index contributed by atoms with van der Waals surface area (Å²) in [6.07, 6.45) is 0. The van der Waals surface area contributed by atoms with Gasteiger partial charge in [-0.15, -0.1) is 0 Å². The van der Waals surface area contributed by atoms with Gasteiger partial charge in [0.05, 0.1) is 4.92 Å². The van der Waals surface area contributed by atoms with E-state index in [1.807, 2.05) is 0 Å². The van der Waals surface area contributed by atoms with E-state index in [1.165, 1.54) is 25.1 Å². The zero-order chi connectivity index (χ0) is 15.1. The van der Waals surface area contributed by atoms with Crippen LogP contribution >= 0.6 is 0 Å². The van der Waals surface area contributed by atoms with Gasteiger partial charge in [-0.3, -0.25) is 19.7 Å². The van der Waals surface area contributed by atoms with Crippen molar-refractivity contribution in [2.45, 2.75) is 13.0 Å². The minimum Gasteiger partial charge on any atom is -0.353 e. The lowest BCUT2D eigenvalue weighted by Gasteiger charge is -2.13. The van der Waals surface area contributed by atoms with E-state index in [2.05, 4.69) is 10.6 Å². The smallest absolute Gasteiger partial charge is 0.270 e. The quantitative estimate of drug-likeness (QED) is 0.490. The highest BCUT2D eigenvalue weighted by Gasteiger charge is 2.17. The maximum atomic E-state index is 11.9.